The number of hydrogen-bond acceptors (Lipinski definition) is 4. The summed E-state index contributed by atoms with van der Waals surface area (Å²) in [5.74, 6) is 0.290. The first-order valence-corrected chi connectivity index (χ1v) is 10.9. The van der Waals surface area contributed by atoms with Gasteiger partial charge in [-0.25, -0.2) is 0 Å². The van der Waals surface area contributed by atoms with Gasteiger partial charge in [-0.2, -0.15) is 28.5 Å². The van der Waals surface area contributed by atoms with E-state index in [9.17, 15) is 22.8 Å². The van der Waals surface area contributed by atoms with Gasteiger partial charge in [-0.3, -0.25) is 14.5 Å². The fraction of sp³-hybridized carbons (Fsp3) is 0.526. The van der Waals surface area contributed by atoms with Crippen LogP contribution in [0.3, 0.4) is 0 Å². The third kappa shape index (κ3) is 1.79. The van der Waals surface area contributed by atoms with Crippen LogP contribution in [0.1, 0.15) is 30.9 Å². The summed E-state index contributed by atoms with van der Waals surface area (Å²) in [5, 5.41) is 8.63. The van der Waals surface area contributed by atoms with Gasteiger partial charge in [-0.1, -0.05) is 0 Å². The number of carbonyl (C=O) groups is 2. The lowest BCUT2D eigenvalue weighted by Crippen LogP contribution is -2.75. The Morgan fingerprint density at radius 3 is 2.71 bits per heavy atom. The summed E-state index contributed by atoms with van der Waals surface area (Å²) in [7, 11) is -1.75. The first kappa shape index (κ1) is 18.0. The molecule has 1 aromatic rings. The molecular formula is C19H17F3N2O3S. The average molecular weight is 410 g/mol. The second kappa shape index (κ2) is 5.30. The fourth-order valence-corrected chi connectivity index (χ4v) is 11.3. The Kier molecular flexibility index (Phi) is 3.41. The summed E-state index contributed by atoms with van der Waals surface area (Å²) in [6.45, 7) is 1.94. The van der Waals surface area contributed by atoms with Crippen molar-refractivity contribution < 1.29 is 27.5 Å². The Morgan fingerprint density at radius 1 is 1.39 bits per heavy atom. The number of hydrogen-bond donors (Lipinski definition) is 0. The molecule has 0 saturated carbocycles. The minimum absolute atomic E-state index is 0.0743. The van der Waals surface area contributed by atoms with Crippen LogP contribution in [0.25, 0.3) is 0 Å². The van der Waals surface area contributed by atoms with E-state index < -0.39 is 38.8 Å². The third-order valence-electron chi connectivity index (χ3n) is 7.02. The largest absolute Gasteiger partial charge is 0.417 e. The highest BCUT2D eigenvalue weighted by atomic mass is 32.3. The smallest absolute Gasteiger partial charge is 0.357 e. The Balaban J connectivity index is 1.61. The van der Waals surface area contributed by atoms with Gasteiger partial charge in [0.05, 0.1) is 29.1 Å². The maximum Gasteiger partial charge on any atom is 0.417 e. The van der Waals surface area contributed by atoms with Crippen LogP contribution in [0.15, 0.2) is 18.2 Å². The molecule has 4 heterocycles. The number of nitrogens with zero attached hydrogens (tertiary/aromatic N) is 2. The maximum absolute atomic E-state index is 13.4. The van der Waals surface area contributed by atoms with Gasteiger partial charge in [-0.05, 0) is 36.8 Å². The molecule has 9 heteroatoms. The Morgan fingerprint density at radius 2 is 2.14 bits per heavy atom. The molecule has 0 aliphatic carbocycles. The summed E-state index contributed by atoms with van der Waals surface area (Å²) in [6, 6.07) is 4.85. The van der Waals surface area contributed by atoms with E-state index in [0.29, 0.717) is 6.61 Å². The van der Waals surface area contributed by atoms with Gasteiger partial charge in [0.15, 0.2) is 5.12 Å². The minimum Gasteiger partial charge on any atom is -0.357 e. The molecule has 4 aliphatic rings. The van der Waals surface area contributed by atoms with Crippen LogP contribution < -0.4 is 4.90 Å². The van der Waals surface area contributed by atoms with E-state index in [4.69, 9.17) is 10.00 Å². The highest BCUT2D eigenvalue weighted by Crippen LogP contribution is 2.89. The molecule has 148 valence electrons. The minimum atomic E-state index is -4.71. The molecule has 0 N–H and O–H groups in total. The SMILES string of the molecule is CC(=O)S12CCC13CCOC1C3C2C(=O)N1c1ccc(C#N)c(C(F)(F)F)c1. The molecule has 0 bridgehead atoms. The van der Waals surface area contributed by atoms with E-state index >= 15 is 0 Å². The molecule has 0 radical (unpaired) electrons. The first-order valence-electron chi connectivity index (χ1n) is 9.05. The van der Waals surface area contributed by atoms with Gasteiger partial charge in [0.25, 0.3) is 0 Å². The van der Waals surface area contributed by atoms with E-state index in [1.54, 1.807) is 13.0 Å². The average Bonchev–Trinajstić information content (AvgIpc) is 2.92. The van der Waals surface area contributed by atoms with Crippen LogP contribution in [0.5, 0.6) is 0 Å². The summed E-state index contributed by atoms with van der Waals surface area (Å²) in [4.78, 5) is 27.1. The predicted molar refractivity (Wildman–Crippen MR) is 95.8 cm³/mol. The molecule has 5 rings (SSSR count). The summed E-state index contributed by atoms with van der Waals surface area (Å²) < 4.78 is 45.8. The lowest BCUT2D eigenvalue weighted by molar-refractivity contribution is -0.137. The van der Waals surface area contributed by atoms with Crippen molar-refractivity contribution in [1.29, 1.82) is 5.26 Å². The van der Waals surface area contributed by atoms with Crippen molar-refractivity contribution in [1.82, 2.24) is 0 Å². The van der Waals surface area contributed by atoms with E-state index in [1.165, 1.54) is 11.0 Å². The molecule has 1 aromatic carbocycles. The van der Waals surface area contributed by atoms with E-state index in [0.717, 1.165) is 30.7 Å². The van der Waals surface area contributed by atoms with Gasteiger partial charge in [0.1, 0.15) is 6.23 Å². The summed E-state index contributed by atoms with van der Waals surface area (Å²) in [5.41, 5.74) is -1.48. The van der Waals surface area contributed by atoms with Crippen LogP contribution in [0.4, 0.5) is 18.9 Å². The monoisotopic (exact) mass is 410 g/mol. The number of fused-ring (bicyclic) bond motifs is 1. The van der Waals surface area contributed by atoms with Crippen molar-refractivity contribution >= 4 is 26.7 Å². The van der Waals surface area contributed by atoms with Crippen LogP contribution in [-0.4, -0.2) is 39.6 Å². The van der Waals surface area contributed by atoms with Crippen molar-refractivity contribution in [3.05, 3.63) is 29.3 Å². The Bertz CT molecular complexity index is 974. The number of ether oxygens (including phenoxy) is 1. The van der Waals surface area contributed by atoms with Crippen LogP contribution in [0.2, 0.25) is 0 Å². The third-order valence-corrected chi connectivity index (χ3v) is 12.4. The zero-order valence-corrected chi connectivity index (χ0v) is 15.8. The number of carbonyl (C=O) groups excluding carboxylic acids is 2. The van der Waals surface area contributed by atoms with E-state index in [1.807, 2.05) is 0 Å². The standard InChI is InChI=1S/C19H17F3N2O3S/c1-10(25)28-7-5-18(28)4-6-27-17-14(18)15(28)16(26)24(17)12-3-2-11(9-23)13(8-12)19(20,21)22/h2-3,8,14-15,17H,4-7H2,1H3. The van der Waals surface area contributed by atoms with Gasteiger partial charge in [0, 0.05) is 23.3 Å². The Hall–Kier alpha value is -2.05. The lowest BCUT2D eigenvalue weighted by Gasteiger charge is -2.78. The number of halogens is 3. The maximum atomic E-state index is 13.4. The fourth-order valence-electron chi connectivity index (χ4n) is 5.89. The number of amides is 1. The summed E-state index contributed by atoms with van der Waals surface area (Å²) in [6.07, 6.45) is -3.73. The van der Waals surface area contributed by atoms with Crippen molar-refractivity contribution in [3.8, 4) is 6.07 Å². The number of nitriles is 1. The number of anilines is 1. The first-order chi connectivity index (χ1) is 13.2. The zero-order valence-electron chi connectivity index (χ0n) is 15.0. The van der Waals surface area contributed by atoms with Crippen LogP contribution in [0, 0.1) is 17.2 Å². The number of alkyl halides is 3. The van der Waals surface area contributed by atoms with Crippen molar-refractivity contribution in [2.45, 2.75) is 42.2 Å². The van der Waals surface area contributed by atoms with Gasteiger partial charge < -0.3 is 4.74 Å². The summed E-state index contributed by atoms with van der Waals surface area (Å²) >= 11 is 0. The zero-order chi connectivity index (χ0) is 20.1. The molecule has 1 spiro atoms. The number of benzene rings is 1. The van der Waals surface area contributed by atoms with Gasteiger partial charge in [0.2, 0.25) is 5.91 Å². The molecular weight excluding hydrogens is 393 g/mol. The second-order valence-corrected chi connectivity index (χ2v) is 11.7. The van der Waals surface area contributed by atoms with Gasteiger partial charge >= 0.3 is 6.18 Å². The molecule has 5 nitrogen and oxygen atoms in total. The molecule has 28 heavy (non-hydrogen) atoms. The normalized spacial score (nSPS) is 40.3. The molecule has 5 atom stereocenters. The topological polar surface area (TPSA) is 70.4 Å². The van der Waals surface area contributed by atoms with Crippen molar-refractivity contribution in [3.63, 3.8) is 0 Å². The number of rotatable bonds is 1. The second-order valence-electron chi connectivity index (χ2n) is 7.81. The quantitative estimate of drug-likeness (QED) is 0.713. The van der Waals surface area contributed by atoms with Crippen LogP contribution in [-0.2, 0) is 20.5 Å². The van der Waals surface area contributed by atoms with Crippen LogP contribution >= 0.6 is 10.0 Å². The van der Waals surface area contributed by atoms with E-state index in [2.05, 4.69) is 0 Å². The molecule has 4 saturated heterocycles. The Labute approximate surface area is 160 Å². The molecule has 0 aromatic heterocycles. The van der Waals surface area contributed by atoms with Crippen molar-refractivity contribution in [2.75, 3.05) is 17.3 Å². The molecule has 1 amide bonds. The highest BCUT2D eigenvalue weighted by Gasteiger charge is 2.83. The van der Waals surface area contributed by atoms with Crippen molar-refractivity contribution in [2.24, 2.45) is 5.92 Å². The molecule has 5 unspecified atom stereocenters. The molecule has 4 fully saturated rings. The van der Waals surface area contributed by atoms with Gasteiger partial charge in [-0.15, -0.1) is 0 Å². The van der Waals surface area contributed by atoms with E-state index in [-0.39, 0.29) is 27.4 Å². The molecule has 4 aliphatic heterocycles. The predicted octanol–water partition coefficient (Wildman–Crippen LogP) is 3.16. The highest BCUT2D eigenvalue weighted by molar-refractivity contribution is 8.49. The lowest BCUT2D eigenvalue weighted by atomic mass is 9.79.